The summed E-state index contributed by atoms with van der Waals surface area (Å²) in [5, 5.41) is 20.7. The van der Waals surface area contributed by atoms with Gasteiger partial charge in [-0.3, -0.25) is 0 Å². The summed E-state index contributed by atoms with van der Waals surface area (Å²) in [6, 6.07) is 0. The van der Waals surface area contributed by atoms with Gasteiger partial charge in [-0.25, -0.2) is 4.79 Å². The Morgan fingerprint density at radius 2 is 1.95 bits per heavy atom. The average molecular weight is 335 g/mol. The van der Waals surface area contributed by atoms with Gasteiger partial charge >= 0.3 is 5.97 Å². The zero-order chi connectivity index (χ0) is 15.9. The minimum absolute atomic E-state index is 0.324. The Bertz CT molecular complexity index is 352. The van der Waals surface area contributed by atoms with Crippen molar-refractivity contribution < 1.29 is 19.7 Å². The summed E-state index contributed by atoms with van der Waals surface area (Å²) in [5.74, 6) is 1.86. The van der Waals surface area contributed by atoms with Crippen molar-refractivity contribution in [3.8, 4) is 0 Å². The van der Waals surface area contributed by atoms with Crippen molar-refractivity contribution in [1.29, 1.82) is 0 Å². The summed E-state index contributed by atoms with van der Waals surface area (Å²) in [7, 11) is 1.32. The quantitative estimate of drug-likeness (QED) is 0.551. The van der Waals surface area contributed by atoms with Crippen LogP contribution in [0, 0.1) is 5.41 Å². The second-order valence-electron chi connectivity index (χ2n) is 5.77. The van der Waals surface area contributed by atoms with Gasteiger partial charge in [0.1, 0.15) is 0 Å². The fourth-order valence-electron chi connectivity index (χ4n) is 2.05. The first-order valence-corrected chi connectivity index (χ1v) is 9.31. The maximum absolute atomic E-state index is 11.0. The van der Waals surface area contributed by atoms with E-state index in [1.54, 1.807) is 6.08 Å². The third kappa shape index (κ3) is 6.22. The number of hydrogen-bond donors (Lipinski definition) is 2. The van der Waals surface area contributed by atoms with Crippen molar-refractivity contribution in [3.05, 3.63) is 12.2 Å². The van der Waals surface area contributed by atoms with Gasteiger partial charge in [-0.2, -0.15) is 0 Å². The molecule has 0 spiro atoms. The van der Waals surface area contributed by atoms with Crippen molar-refractivity contribution in [3.63, 3.8) is 0 Å². The first-order valence-electron chi connectivity index (χ1n) is 7.21. The molecule has 0 aliphatic carbocycles. The number of rotatable bonds is 7. The molecule has 1 aliphatic rings. The molecule has 0 unspecified atom stereocenters. The topological polar surface area (TPSA) is 66.8 Å². The van der Waals surface area contributed by atoms with E-state index >= 15 is 0 Å². The van der Waals surface area contributed by atoms with Crippen LogP contribution in [0.4, 0.5) is 0 Å². The highest BCUT2D eigenvalue weighted by molar-refractivity contribution is 8.17. The molecule has 6 heteroatoms. The first-order chi connectivity index (χ1) is 9.87. The van der Waals surface area contributed by atoms with Crippen LogP contribution in [-0.2, 0) is 9.53 Å². The van der Waals surface area contributed by atoms with E-state index in [1.807, 2.05) is 37.4 Å². The van der Waals surface area contributed by atoms with Gasteiger partial charge in [0.2, 0.25) is 0 Å². The molecule has 0 aromatic rings. The van der Waals surface area contributed by atoms with Gasteiger partial charge in [0, 0.05) is 11.5 Å². The highest BCUT2D eigenvalue weighted by Crippen LogP contribution is 2.38. The second-order valence-corrected chi connectivity index (χ2v) is 8.69. The zero-order valence-electron chi connectivity index (χ0n) is 12.9. The Balaban J connectivity index is 2.48. The molecular formula is C15H26O4S2. The number of carbonyl (C=O) groups is 1. The van der Waals surface area contributed by atoms with Crippen LogP contribution in [0.15, 0.2) is 12.2 Å². The number of aliphatic hydroxyl groups excluding tert-OH is 2. The number of carbonyl (C=O) groups excluding carboxylic acids is 1. The van der Waals surface area contributed by atoms with E-state index in [1.165, 1.54) is 19.6 Å². The van der Waals surface area contributed by atoms with Crippen LogP contribution in [0.1, 0.15) is 33.1 Å². The monoisotopic (exact) mass is 334 g/mol. The molecule has 21 heavy (non-hydrogen) atoms. The highest BCUT2D eigenvalue weighted by Gasteiger charge is 2.36. The van der Waals surface area contributed by atoms with Crippen LogP contribution in [0.2, 0.25) is 0 Å². The molecule has 1 saturated heterocycles. The largest absolute Gasteiger partial charge is 0.466 e. The maximum atomic E-state index is 11.0. The average Bonchev–Trinajstić information content (AvgIpc) is 2.47. The van der Waals surface area contributed by atoms with E-state index in [0.717, 1.165) is 11.5 Å². The SMILES string of the molecule is COC(=O)/C=C/C[C@@H](O)C(C)(C)[C@H](O)CC1SCCCS1. The lowest BCUT2D eigenvalue weighted by atomic mass is 9.78. The minimum Gasteiger partial charge on any atom is -0.466 e. The number of esters is 1. The van der Waals surface area contributed by atoms with E-state index in [9.17, 15) is 15.0 Å². The molecule has 1 rings (SSSR count). The number of aliphatic hydroxyl groups is 2. The van der Waals surface area contributed by atoms with Crippen molar-refractivity contribution in [1.82, 2.24) is 0 Å². The predicted molar refractivity (Wildman–Crippen MR) is 89.5 cm³/mol. The van der Waals surface area contributed by atoms with Crippen molar-refractivity contribution in [2.75, 3.05) is 18.6 Å². The Morgan fingerprint density at radius 3 is 2.52 bits per heavy atom. The number of methoxy groups -OCH3 is 1. The fraction of sp³-hybridized carbons (Fsp3) is 0.800. The van der Waals surface area contributed by atoms with E-state index in [-0.39, 0.29) is 0 Å². The van der Waals surface area contributed by atoms with Crippen LogP contribution in [0.5, 0.6) is 0 Å². The molecule has 0 bridgehead atoms. The van der Waals surface area contributed by atoms with Crippen molar-refractivity contribution in [2.45, 2.75) is 49.9 Å². The molecule has 0 amide bonds. The van der Waals surface area contributed by atoms with E-state index < -0.39 is 23.6 Å². The van der Waals surface area contributed by atoms with Gasteiger partial charge in [-0.05, 0) is 30.8 Å². The molecule has 1 heterocycles. The molecule has 1 fully saturated rings. The fourth-order valence-corrected chi connectivity index (χ4v) is 4.98. The van der Waals surface area contributed by atoms with E-state index in [0.29, 0.717) is 17.4 Å². The Kier molecular flexibility index (Phi) is 8.16. The van der Waals surface area contributed by atoms with Gasteiger partial charge in [0.05, 0.1) is 23.9 Å². The van der Waals surface area contributed by atoms with Gasteiger partial charge < -0.3 is 14.9 Å². The summed E-state index contributed by atoms with van der Waals surface area (Å²) in [5.41, 5.74) is -0.612. The lowest BCUT2D eigenvalue weighted by molar-refractivity contribution is -0.134. The lowest BCUT2D eigenvalue weighted by Gasteiger charge is -2.37. The Labute approximate surface area is 135 Å². The van der Waals surface area contributed by atoms with Crippen LogP contribution >= 0.6 is 23.5 Å². The lowest BCUT2D eigenvalue weighted by Crippen LogP contribution is -2.41. The molecule has 122 valence electrons. The smallest absolute Gasteiger partial charge is 0.330 e. The normalized spacial score (nSPS) is 20.4. The van der Waals surface area contributed by atoms with Gasteiger partial charge in [-0.15, -0.1) is 23.5 Å². The number of thioether (sulfide) groups is 2. The molecule has 2 atom stereocenters. The third-order valence-electron chi connectivity index (χ3n) is 3.84. The Morgan fingerprint density at radius 1 is 1.33 bits per heavy atom. The molecule has 2 N–H and O–H groups in total. The summed E-state index contributed by atoms with van der Waals surface area (Å²) >= 11 is 3.78. The van der Waals surface area contributed by atoms with Crippen LogP contribution in [0.3, 0.4) is 0 Å². The molecule has 0 aromatic heterocycles. The van der Waals surface area contributed by atoms with Crippen LogP contribution < -0.4 is 0 Å². The van der Waals surface area contributed by atoms with Crippen molar-refractivity contribution >= 4 is 29.5 Å². The third-order valence-corrected chi connectivity index (χ3v) is 6.84. The standard InChI is InChI=1S/C15H26O4S2/c1-15(2,11(16)6-4-7-13(18)19-3)12(17)10-14-20-8-5-9-21-14/h4,7,11-12,14,16-17H,5-6,8-10H2,1-3H3/b7-4+/t11-,12-/m1/s1. The van der Waals surface area contributed by atoms with E-state index in [4.69, 9.17) is 0 Å². The zero-order valence-corrected chi connectivity index (χ0v) is 14.6. The first kappa shape index (κ1) is 18.9. The molecule has 4 nitrogen and oxygen atoms in total. The minimum atomic E-state index is -0.702. The van der Waals surface area contributed by atoms with Gasteiger partial charge in [-0.1, -0.05) is 19.9 Å². The number of hydrogen-bond acceptors (Lipinski definition) is 6. The molecule has 0 radical (unpaired) electrons. The van der Waals surface area contributed by atoms with Gasteiger partial charge in [0.15, 0.2) is 0 Å². The predicted octanol–water partition coefficient (Wildman–Crippen LogP) is 2.44. The highest BCUT2D eigenvalue weighted by atomic mass is 32.2. The second kappa shape index (κ2) is 9.08. The maximum Gasteiger partial charge on any atom is 0.330 e. The van der Waals surface area contributed by atoms with Crippen LogP contribution in [0.25, 0.3) is 0 Å². The van der Waals surface area contributed by atoms with Gasteiger partial charge in [0.25, 0.3) is 0 Å². The van der Waals surface area contributed by atoms with Crippen molar-refractivity contribution in [2.24, 2.45) is 5.41 Å². The molecule has 0 aromatic carbocycles. The van der Waals surface area contributed by atoms with E-state index in [2.05, 4.69) is 4.74 Å². The summed E-state index contributed by atoms with van der Waals surface area (Å²) in [6.07, 6.45) is 3.86. The number of ether oxygens (including phenoxy) is 1. The van der Waals surface area contributed by atoms with Crippen LogP contribution in [-0.4, -0.2) is 51.6 Å². The summed E-state index contributed by atoms with van der Waals surface area (Å²) < 4.78 is 4.91. The molecular weight excluding hydrogens is 308 g/mol. The summed E-state index contributed by atoms with van der Waals surface area (Å²) in [4.78, 5) is 11.0. The summed E-state index contributed by atoms with van der Waals surface area (Å²) in [6.45, 7) is 3.74. The Hall–Kier alpha value is -0.170. The molecule has 0 saturated carbocycles. The molecule has 1 aliphatic heterocycles.